The molecule has 2 aromatic heterocycles. The first kappa shape index (κ1) is 10.1. The van der Waals surface area contributed by atoms with Gasteiger partial charge in [-0.3, -0.25) is 9.67 Å². The number of H-pyrrole nitrogens is 1. The Morgan fingerprint density at radius 1 is 1.41 bits per heavy atom. The second-order valence-corrected chi connectivity index (χ2v) is 4.35. The van der Waals surface area contributed by atoms with Gasteiger partial charge in [-0.2, -0.15) is 5.10 Å². The van der Waals surface area contributed by atoms with Crippen LogP contribution in [0.4, 0.5) is 0 Å². The minimum Gasteiger partial charge on any atom is -0.358 e. The Morgan fingerprint density at radius 2 is 2.29 bits per heavy atom. The molecule has 86 valence electrons. The Kier molecular flexibility index (Phi) is 2.21. The lowest BCUT2D eigenvalue weighted by atomic mass is 10.1. The molecule has 0 atom stereocenters. The SMILES string of the molecule is Cc1cc2c([nH]1)C=NC(c1cnn(C)c1)=CC2. The summed E-state index contributed by atoms with van der Waals surface area (Å²) in [6.07, 6.45) is 8.77. The topological polar surface area (TPSA) is 46.0 Å². The lowest BCUT2D eigenvalue weighted by molar-refractivity contribution is 0.767. The molecule has 0 saturated carbocycles. The van der Waals surface area contributed by atoms with Crippen LogP contribution in [0.15, 0.2) is 29.5 Å². The van der Waals surface area contributed by atoms with E-state index in [1.807, 2.05) is 25.7 Å². The van der Waals surface area contributed by atoms with Crippen LogP contribution >= 0.6 is 0 Å². The molecule has 1 aliphatic rings. The quantitative estimate of drug-likeness (QED) is 0.795. The van der Waals surface area contributed by atoms with Crippen molar-refractivity contribution in [2.45, 2.75) is 13.3 Å². The summed E-state index contributed by atoms with van der Waals surface area (Å²) in [6.45, 7) is 2.06. The molecule has 0 spiro atoms. The summed E-state index contributed by atoms with van der Waals surface area (Å²) >= 11 is 0. The van der Waals surface area contributed by atoms with E-state index in [-0.39, 0.29) is 0 Å². The second kappa shape index (κ2) is 3.73. The van der Waals surface area contributed by atoms with E-state index in [0.29, 0.717) is 0 Å². The van der Waals surface area contributed by atoms with Gasteiger partial charge in [0.25, 0.3) is 0 Å². The van der Waals surface area contributed by atoms with Gasteiger partial charge in [-0.05, 0) is 25.0 Å². The molecule has 0 amide bonds. The van der Waals surface area contributed by atoms with Crippen LogP contribution in [0.5, 0.6) is 0 Å². The molecule has 17 heavy (non-hydrogen) atoms. The Bertz CT molecular complexity index is 613. The summed E-state index contributed by atoms with van der Waals surface area (Å²) in [5.41, 5.74) is 5.63. The fourth-order valence-electron chi connectivity index (χ4n) is 2.09. The van der Waals surface area contributed by atoms with E-state index in [1.165, 1.54) is 11.3 Å². The lowest BCUT2D eigenvalue weighted by Gasteiger charge is -1.94. The summed E-state index contributed by atoms with van der Waals surface area (Å²) < 4.78 is 1.79. The Hall–Kier alpha value is -2.10. The Balaban J connectivity index is 1.97. The summed E-state index contributed by atoms with van der Waals surface area (Å²) in [7, 11) is 1.91. The molecule has 0 saturated heterocycles. The number of fused-ring (bicyclic) bond motifs is 1. The maximum absolute atomic E-state index is 4.51. The molecule has 1 aliphatic heterocycles. The van der Waals surface area contributed by atoms with E-state index >= 15 is 0 Å². The van der Waals surface area contributed by atoms with Gasteiger partial charge in [0.2, 0.25) is 0 Å². The molecular formula is C13H14N4. The van der Waals surface area contributed by atoms with Crippen LogP contribution in [0.25, 0.3) is 5.70 Å². The fraction of sp³-hybridized carbons (Fsp3) is 0.231. The fourth-order valence-corrected chi connectivity index (χ4v) is 2.09. The third kappa shape index (κ3) is 1.82. The monoisotopic (exact) mass is 226 g/mol. The second-order valence-electron chi connectivity index (χ2n) is 4.35. The van der Waals surface area contributed by atoms with Gasteiger partial charge < -0.3 is 4.98 Å². The van der Waals surface area contributed by atoms with Crippen LogP contribution in [0.2, 0.25) is 0 Å². The molecule has 0 unspecified atom stereocenters. The number of rotatable bonds is 1. The zero-order chi connectivity index (χ0) is 11.8. The number of allylic oxidation sites excluding steroid dienone is 1. The third-order valence-electron chi connectivity index (χ3n) is 2.92. The standard InChI is InChI=1S/C13H14N4/c1-9-5-10-3-4-12(14-7-13(10)16-9)11-6-15-17(2)8-11/h4-8,16H,3H2,1-2H3. The molecule has 0 radical (unpaired) electrons. The van der Waals surface area contributed by atoms with Crippen molar-refractivity contribution in [3.8, 4) is 0 Å². The van der Waals surface area contributed by atoms with Crippen molar-refractivity contribution in [3.63, 3.8) is 0 Å². The number of hydrogen-bond donors (Lipinski definition) is 1. The van der Waals surface area contributed by atoms with Crippen molar-refractivity contribution >= 4 is 11.9 Å². The number of aromatic amines is 1. The smallest absolute Gasteiger partial charge is 0.0697 e. The molecule has 2 aromatic rings. The van der Waals surface area contributed by atoms with Crippen LogP contribution in [0, 0.1) is 6.92 Å². The van der Waals surface area contributed by atoms with E-state index < -0.39 is 0 Å². The zero-order valence-electron chi connectivity index (χ0n) is 9.94. The van der Waals surface area contributed by atoms with E-state index in [4.69, 9.17) is 0 Å². The molecule has 3 heterocycles. The maximum atomic E-state index is 4.51. The predicted molar refractivity (Wildman–Crippen MR) is 68.0 cm³/mol. The van der Waals surface area contributed by atoms with Crippen molar-refractivity contribution in [2.24, 2.45) is 12.0 Å². The van der Waals surface area contributed by atoms with Crippen LogP contribution < -0.4 is 0 Å². The van der Waals surface area contributed by atoms with Gasteiger partial charge in [-0.25, -0.2) is 0 Å². The highest BCUT2D eigenvalue weighted by molar-refractivity contribution is 5.86. The van der Waals surface area contributed by atoms with E-state index in [1.54, 1.807) is 4.68 Å². The highest BCUT2D eigenvalue weighted by Gasteiger charge is 2.09. The van der Waals surface area contributed by atoms with E-state index in [0.717, 1.165) is 23.4 Å². The van der Waals surface area contributed by atoms with E-state index in [2.05, 4.69) is 34.1 Å². The number of aryl methyl sites for hydroxylation is 2. The van der Waals surface area contributed by atoms with Gasteiger partial charge in [0.1, 0.15) is 0 Å². The molecule has 4 heteroatoms. The average molecular weight is 226 g/mol. The molecule has 4 nitrogen and oxygen atoms in total. The van der Waals surface area contributed by atoms with Gasteiger partial charge >= 0.3 is 0 Å². The van der Waals surface area contributed by atoms with Crippen molar-refractivity contribution in [1.29, 1.82) is 0 Å². The minimum atomic E-state index is 0.907. The predicted octanol–water partition coefficient (Wildman–Crippen LogP) is 2.07. The van der Waals surface area contributed by atoms with E-state index in [9.17, 15) is 0 Å². The summed E-state index contributed by atoms with van der Waals surface area (Å²) in [5.74, 6) is 0. The highest BCUT2D eigenvalue weighted by atomic mass is 15.2. The van der Waals surface area contributed by atoms with Crippen LogP contribution in [-0.4, -0.2) is 21.0 Å². The van der Waals surface area contributed by atoms with Gasteiger partial charge in [-0.1, -0.05) is 6.08 Å². The maximum Gasteiger partial charge on any atom is 0.0697 e. The number of nitrogens with zero attached hydrogens (tertiary/aromatic N) is 3. The normalized spacial score (nSPS) is 14.4. The summed E-state index contributed by atoms with van der Waals surface area (Å²) in [6, 6.07) is 2.17. The number of aromatic nitrogens is 3. The molecule has 0 bridgehead atoms. The van der Waals surface area contributed by atoms with Crippen molar-refractivity contribution in [3.05, 3.63) is 47.1 Å². The first-order valence-corrected chi connectivity index (χ1v) is 5.64. The Morgan fingerprint density at radius 3 is 3.06 bits per heavy atom. The largest absolute Gasteiger partial charge is 0.358 e. The molecule has 0 aliphatic carbocycles. The molecule has 0 aromatic carbocycles. The first-order chi connectivity index (χ1) is 8.22. The first-order valence-electron chi connectivity index (χ1n) is 5.64. The number of nitrogens with one attached hydrogen (secondary N) is 1. The number of hydrogen-bond acceptors (Lipinski definition) is 2. The van der Waals surface area contributed by atoms with Crippen LogP contribution in [-0.2, 0) is 13.5 Å². The van der Waals surface area contributed by atoms with Gasteiger partial charge in [0.15, 0.2) is 0 Å². The van der Waals surface area contributed by atoms with Gasteiger partial charge in [0, 0.05) is 24.5 Å². The summed E-state index contributed by atoms with van der Waals surface area (Å²) in [5, 5.41) is 4.17. The van der Waals surface area contributed by atoms with Crippen LogP contribution in [0.1, 0.15) is 22.5 Å². The summed E-state index contributed by atoms with van der Waals surface area (Å²) in [4.78, 5) is 7.82. The lowest BCUT2D eigenvalue weighted by Crippen LogP contribution is -1.85. The minimum absolute atomic E-state index is 0.907. The third-order valence-corrected chi connectivity index (χ3v) is 2.92. The average Bonchev–Trinajstić information content (AvgIpc) is 2.81. The molecule has 3 rings (SSSR count). The number of aliphatic imine (C=N–C) groups is 1. The van der Waals surface area contributed by atoms with Gasteiger partial charge in [0.05, 0.1) is 23.8 Å². The molecular weight excluding hydrogens is 212 g/mol. The Labute approximate surface area is 99.7 Å². The molecule has 0 fully saturated rings. The highest BCUT2D eigenvalue weighted by Crippen LogP contribution is 2.21. The zero-order valence-corrected chi connectivity index (χ0v) is 9.94. The van der Waals surface area contributed by atoms with Crippen LogP contribution in [0.3, 0.4) is 0 Å². The van der Waals surface area contributed by atoms with Crippen molar-refractivity contribution in [1.82, 2.24) is 14.8 Å². The molecule has 1 N–H and O–H groups in total. The van der Waals surface area contributed by atoms with Crippen molar-refractivity contribution in [2.75, 3.05) is 0 Å². The van der Waals surface area contributed by atoms with Gasteiger partial charge in [-0.15, -0.1) is 0 Å². The van der Waals surface area contributed by atoms with Crippen molar-refractivity contribution < 1.29 is 0 Å².